The molecular formula is C29H39F3N6O2. The SMILES string of the molecule is C.CCCCCNC(=O)CN(CC(=O)N(C)N1Cc2cccc(F)c2C1)c1cc2cnn(CC(F)F)c2cc1C. The smallest absolute Gasteiger partial charge is 0.257 e. The molecular weight excluding hydrogens is 521 g/mol. The van der Waals surface area contributed by atoms with E-state index >= 15 is 0 Å². The van der Waals surface area contributed by atoms with Gasteiger partial charge < -0.3 is 10.2 Å². The summed E-state index contributed by atoms with van der Waals surface area (Å²) in [6.45, 7) is 4.44. The van der Waals surface area contributed by atoms with E-state index in [1.54, 1.807) is 35.2 Å². The van der Waals surface area contributed by atoms with Crippen molar-refractivity contribution in [2.24, 2.45) is 0 Å². The number of benzene rings is 2. The molecule has 0 fully saturated rings. The van der Waals surface area contributed by atoms with Crippen LogP contribution in [0.3, 0.4) is 0 Å². The van der Waals surface area contributed by atoms with Gasteiger partial charge in [0.05, 0.1) is 24.8 Å². The number of likely N-dealkylation sites (N-methyl/N-ethyl adjacent to an activating group) is 1. The molecule has 8 nitrogen and oxygen atoms in total. The Morgan fingerprint density at radius 3 is 2.62 bits per heavy atom. The maximum absolute atomic E-state index is 14.3. The monoisotopic (exact) mass is 560 g/mol. The second-order valence-corrected chi connectivity index (χ2v) is 9.95. The fraction of sp³-hybridized carbons (Fsp3) is 0.483. The van der Waals surface area contributed by atoms with E-state index < -0.39 is 13.0 Å². The number of carbonyl (C=O) groups excluding carboxylic acids is 2. The van der Waals surface area contributed by atoms with Crippen LogP contribution in [-0.2, 0) is 29.2 Å². The Kier molecular flexibility index (Phi) is 10.6. The highest BCUT2D eigenvalue weighted by Gasteiger charge is 2.29. The minimum absolute atomic E-state index is 0. The van der Waals surface area contributed by atoms with Gasteiger partial charge in [-0.1, -0.05) is 39.3 Å². The lowest BCUT2D eigenvalue weighted by Gasteiger charge is -2.32. The topological polar surface area (TPSA) is 73.7 Å². The molecule has 218 valence electrons. The van der Waals surface area contributed by atoms with Crippen molar-refractivity contribution in [1.29, 1.82) is 0 Å². The minimum atomic E-state index is -2.54. The Hall–Kier alpha value is -3.60. The molecule has 4 rings (SSSR count). The minimum Gasteiger partial charge on any atom is -0.355 e. The van der Waals surface area contributed by atoms with Gasteiger partial charge in [0.1, 0.15) is 12.4 Å². The molecule has 0 aliphatic carbocycles. The maximum atomic E-state index is 14.3. The third-order valence-corrected chi connectivity index (χ3v) is 7.07. The Morgan fingerprint density at radius 2 is 1.93 bits per heavy atom. The molecule has 0 unspecified atom stereocenters. The Morgan fingerprint density at radius 1 is 1.15 bits per heavy atom. The lowest BCUT2D eigenvalue weighted by Crippen LogP contribution is -2.48. The number of alkyl halides is 2. The molecule has 0 saturated heterocycles. The van der Waals surface area contributed by atoms with E-state index in [4.69, 9.17) is 0 Å². The van der Waals surface area contributed by atoms with Gasteiger partial charge in [0, 0.05) is 43.3 Å². The van der Waals surface area contributed by atoms with Gasteiger partial charge in [0.2, 0.25) is 5.91 Å². The fourth-order valence-electron chi connectivity index (χ4n) is 4.89. The lowest BCUT2D eigenvalue weighted by atomic mass is 10.1. The van der Waals surface area contributed by atoms with E-state index in [9.17, 15) is 22.8 Å². The molecule has 2 heterocycles. The van der Waals surface area contributed by atoms with Crippen molar-refractivity contribution < 1.29 is 22.8 Å². The van der Waals surface area contributed by atoms with E-state index in [1.165, 1.54) is 22.0 Å². The first-order chi connectivity index (χ1) is 18.7. The highest BCUT2D eigenvalue weighted by Crippen LogP contribution is 2.29. The first-order valence-corrected chi connectivity index (χ1v) is 13.2. The summed E-state index contributed by atoms with van der Waals surface area (Å²) in [5, 5.41) is 10.9. The second-order valence-electron chi connectivity index (χ2n) is 9.95. The number of anilines is 1. The van der Waals surface area contributed by atoms with E-state index in [1.807, 2.05) is 13.0 Å². The van der Waals surface area contributed by atoms with Crippen molar-refractivity contribution in [2.75, 3.05) is 31.6 Å². The molecule has 0 atom stereocenters. The van der Waals surface area contributed by atoms with Crippen molar-refractivity contribution in [2.45, 2.75) is 66.6 Å². The van der Waals surface area contributed by atoms with E-state index in [2.05, 4.69) is 17.3 Å². The first kappa shape index (κ1) is 30.9. The molecule has 3 aromatic rings. The summed E-state index contributed by atoms with van der Waals surface area (Å²) in [5.74, 6) is -0.784. The summed E-state index contributed by atoms with van der Waals surface area (Å²) in [5.41, 5.74) is 3.33. The Bertz CT molecular complexity index is 1330. The number of amides is 2. The van der Waals surface area contributed by atoms with Gasteiger partial charge >= 0.3 is 0 Å². The van der Waals surface area contributed by atoms with Crippen molar-refractivity contribution in [3.63, 3.8) is 0 Å². The highest BCUT2D eigenvalue weighted by molar-refractivity contribution is 5.90. The van der Waals surface area contributed by atoms with Crippen LogP contribution < -0.4 is 10.2 Å². The van der Waals surface area contributed by atoms with Crippen molar-refractivity contribution in [3.05, 3.63) is 59.0 Å². The number of hydrogen-bond donors (Lipinski definition) is 1. The predicted molar refractivity (Wildman–Crippen MR) is 150 cm³/mol. The molecule has 1 aliphatic heterocycles. The standard InChI is InChI=1S/C28H35F3N6O2.CH4/c1-4-5-6-10-32-27(38)17-35(24-12-21-13-33-37(16-26(30)31)25(21)11-19(24)2)18-28(39)34(3)36-14-20-8-7-9-23(29)22(20)15-36;/h7-9,11-13,26H,4-6,10,14-18H2,1-3H3,(H,32,38);1H4. The molecule has 1 aliphatic rings. The molecule has 0 bridgehead atoms. The molecule has 1 aromatic heterocycles. The van der Waals surface area contributed by atoms with Gasteiger partial charge in [-0.05, 0) is 42.7 Å². The number of nitrogens with zero attached hydrogens (tertiary/aromatic N) is 5. The number of hydrazine groups is 1. The van der Waals surface area contributed by atoms with Crippen molar-refractivity contribution in [1.82, 2.24) is 25.1 Å². The lowest BCUT2D eigenvalue weighted by molar-refractivity contribution is -0.145. The van der Waals surface area contributed by atoms with Crippen LogP contribution >= 0.6 is 0 Å². The summed E-state index contributed by atoms with van der Waals surface area (Å²) < 4.78 is 41.5. The van der Waals surface area contributed by atoms with E-state index in [0.29, 0.717) is 35.2 Å². The second kappa shape index (κ2) is 13.6. The molecule has 40 heavy (non-hydrogen) atoms. The number of aromatic nitrogens is 2. The van der Waals surface area contributed by atoms with Gasteiger partial charge in [-0.2, -0.15) is 5.10 Å². The summed E-state index contributed by atoms with van der Waals surface area (Å²) in [7, 11) is 1.64. The maximum Gasteiger partial charge on any atom is 0.257 e. The molecule has 11 heteroatoms. The summed E-state index contributed by atoms with van der Waals surface area (Å²) >= 11 is 0. The molecule has 2 aromatic carbocycles. The number of halogens is 3. The average molecular weight is 561 g/mol. The first-order valence-electron chi connectivity index (χ1n) is 13.2. The van der Waals surface area contributed by atoms with Crippen molar-refractivity contribution in [3.8, 4) is 0 Å². The highest BCUT2D eigenvalue weighted by atomic mass is 19.3. The normalized spacial score (nSPS) is 12.9. The summed E-state index contributed by atoms with van der Waals surface area (Å²) in [6, 6.07) is 8.44. The van der Waals surface area contributed by atoms with Crippen LogP contribution in [0.15, 0.2) is 36.5 Å². The summed E-state index contributed by atoms with van der Waals surface area (Å²) in [6.07, 6.45) is 1.87. The molecule has 2 amide bonds. The average Bonchev–Trinajstić information content (AvgIpc) is 3.50. The third-order valence-electron chi connectivity index (χ3n) is 7.07. The number of unbranched alkanes of at least 4 members (excludes halogenated alkanes) is 2. The molecule has 1 N–H and O–H groups in total. The van der Waals surface area contributed by atoms with Crippen molar-refractivity contribution >= 4 is 28.4 Å². The van der Waals surface area contributed by atoms with Crippen LogP contribution in [-0.4, -0.2) is 64.7 Å². The van der Waals surface area contributed by atoms with E-state index in [0.717, 1.165) is 30.4 Å². The number of nitrogens with one attached hydrogen (secondary N) is 1. The molecule has 0 radical (unpaired) electrons. The largest absolute Gasteiger partial charge is 0.355 e. The molecule has 0 saturated carbocycles. The van der Waals surface area contributed by atoms with Crippen LogP contribution in [0.4, 0.5) is 18.9 Å². The van der Waals surface area contributed by atoms with Gasteiger partial charge in [-0.15, -0.1) is 0 Å². The van der Waals surface area contributed by atoms with Crippen LogP contribution in [0.2, 0.25) is 0 Å². The van der Waals surface area contributed by atoms with Gasteiger partial charge in [-0.3, -0.25) is 19.3 Å². The Balaban J connectivity index is 0.00000441. The zero-order valence-corrected chi connectivity index (χ0v) is 22.6. The zero-order chi connectivity index (χ0) is 28.1. The number of hydrogen-bond acceptors (Lipinski definition) is 5. The van der Waals surface area contributed by atoms with Gasteiger partial charge in [-0.25, -0.2) is 18.2 Å². The fourth-order valence-corrected chi connectivity index (χ4v) is 4.89. The van der Waals surface area contributed by atoms with Gasteiger partial charge in [0.15, 0.2) is 0 Å². The van der Waals surface area contributed by atoms with Crippen LogP contribution in [0.25, 0.3) is 10.9 Å². The van der Waals surface area contributed by atoms with Crippen LogP contribution in [0.5, 0.6) is 0 Å². The zero-order valence-electron chi connectivity index (χ0n) is 22.6. The molecule has 0 spiro atoms. The predicted octanol–water partition coefficient (Wildman–Crippen LogP) is 4.89. The number of rotatable bonds is 12. The number of aryl methyl sites for hydroxylation is 1. The number of carbonyl (C=O) groups is 2. The quantitative estimate of drug-likeness (QED) is 0.320. The van der Waals surface area contributed by atoms with Crippen LogP contribution in [0, 0.1) is 12.7 Å². The van der Waals surface area contributed by atoms with Crippen LogP contribution in [0.1, 0.15) is 50.3 Å². The number of fused-ring (bicyclic) bond motifs is 2. The third kappa shape index (κ3) is 7.12. The Labute approximate surface area is 233 Å². The summed E-state index contributed by atoms with van der Waals surface area (Å²) in [4.78, 5) is 28.0. The van der Waals surface area contributed by atoms with E-state index in [-0.39, 0.29) is 44.7 Å². The van der Waals surface area contributed by atoms with Gasteiger partial charge in [0.25, 0.3) is 12.3 Å².